The first-order valence-corrected chi connectivity index (χ1v) is 13.2. The molecule has 2 aromatic carbocycles. The summed E-state index contributed by atoms with van der Waals surface area (Å²) in [4.78, 5) is 20.8. The maximum absolute atomic E-state index is 13.9. The van der Waals surface area contributed by atoms with Gasteiger partial charge in [-0.1, -0.05) is 12.0 Å². The number of H-pyrrole nitrogens is 1. The summed E-state index contributed by atoms with van der Waals surface area (Å²) >= 11 is 0. The topological polar surface area (TPSA) is 94.0 Å². The Hall–Kier alpha value is -4.00. The van der Waals surface area contributed by atoms with Gasteiger partial charge in [0.2, 0.25) is 0 Å². The van der Waals surface area contributed by atoms with Gasteiger partial charge in [-0.3, -0.25) is 9.78 Å². The van der Waals surface area contributed by atoms with E-state index in [4.69, 9.17) is 11.2 Å². The van der Waals surface area contributed by atoms with Gasteiger partial charge in [-0.2, -0.15) is 8.42 Å². The van der Waals surface area contributed by atoms with Crippen LogP contribution in [-0.2, 0) is 15.0 Å². The van der Waals surface area contributed by atoms with Crippen LogP contribution in [0.5, 0.6) is 0 Å². The van der Waals surface area contributed by atoms with Crippen LogP contribution < -0.4 is 5.43 Å². The number of terminal acetylenes is 1. The minimum atomic E-state index is -4.92. The molecule has 0 aliphatic carbocycles. The van der Waals surface area contributed by atoms with E-state index < -0.39 is 15.1 Å². The van der Waals surface area contributed by atoms with Crippen molar-refractivity contribution >= 4 is 43.1 Å². The predicted molar refractivity (Wildman–Crippen MR) is 141 cm³/mol. The predicted octanol–water partition coefficient (Wildman–Crippen LogP) is 5.00. The first-order valence-electron chi connectivity index (χ1n) is 11.8. The maximum atomic E-state index is 13.9. The van der Waals surface area contributed by atoms with Crippen LogP contribution in [0.3, 0.4) is 0 Å². The minimum Gasteiger partial charge on any atom is -0.381 e. The molecule has 186 valence electrons. The standard InChI is InChI=1S/C28H22FN3O4S/c1-3-17-4-5-21-24(11-17)31-28-26(21)27(33)23-10-16(2)22(18-12-20(15-30-14-18)37(29,34)35)13-25(23)32(28)19-6-8-36-9-7-19/h1,4-5,10-15,19,31H,6-9H2,2H3. The number of aromatic amines is 1. The van der Waals surface area contributed by atoms with Gasteiger partial charge in [0.25, 0.3) is 0 Å². The van der Waals surface area contributed by atoms with Crippen LogP contribution in [0.4, 0.5) is 3.89 Å². The molecule has 0 atom stereocenters. The molecule has 1 N–H and O–H groups in total. The van der Waals surface area contributed by atoms with Crippen molar-refractivity contribution in [3.63, 3.8) is 0 Å². The van der Waals surface area contributed by atoms with Crippen LogP contribution in [0.15, 0.2) is 58.5 Å². The summed E-state index contributed by atoms with van der Waals surface area (Å²) in [7, 11) is -4.92. The van der Waals surface area contributed by atoms with E-state index in [0.717, 1.165) is 35.5 Å². The molecular weight excluding hydrogens is 493 g/mol. The highest BCUT2D eigenvalue weighted by Gasteiger charge is 2.24. The third-order valence-corrected chi connectivity index (χ3v) is 7.91. The summed E-state index contributed by atoms with van der Waals surface area (Å²) in [6.07, 6.45) is 9.60. The van der Waals surface area contributed by atoms with E-state index in [1.165, 1.54) is 12.3 Å². The van der Waals surface area contributed by atoms with Crippen molar-refractivity contribution in [1.29, 1.82) is 0 Å². The quantitative estimate of drug-likeness (QED) is 0.270. The Labute approximate surface area is 212 Å². The van der Waals surface area contributed by atoms with Crippen LogP contribution >= 0.6 is 0 Å². The average Bonchev–Trinajstić information content (AvgIpc) is 3.27. The summed E-state index contributed by atoms with van der Waals surface area (Å²) in [6, 6.07) is 10.6. The number of rotatable bonds is 3. The summed E-state index contributed by atoms with van der Waals surface area (Å²) in [5.41, 5.74) is 4.62. The minimum absolute atomic E-state index is 0.0609. The second-order valence-corrected chi connectivity index (χ2v) is 10.7. The van der Waals surface area contributed by atoms with Crippen molar-refractivity contribution in [2.75, 3.05) is 13.2 Å². The van der Waals surface area contributed by atoms with Crippen molar-refractivity contribution in [3.8, 4) is 23.5 Å². The zero-order valence-electron chi connectivity index (χ0n) is 19.9. The molecule has 0 saturated carbocycles. The number of aryl methyl sites for hydroxylation is 1. The fraction of sp³-hybridized carbons (Fsp3) is 0.214. The number of benzene rings is 2. The molecule has 0 spiro atoms. The molecule has 0 unspecified atom stereocenters. The average molecular weight is 516 g/mol. The van der Waals surface area contributed by atoms with E-state index in [2.05, 4.69) is 20.5 Å². The van der Waals surface area contributed by atoms with Crippen LogP contribution in [0.1, 0.15) is 30.0 Å². The molecule has 0 bridgehead atoms. The van der Waals surface area contributed by atoms with Crippen molar-refractivity contribution in [3.05, 3.63) is 70.1 Å². The lowest BCUT2D eigenvalue weighted by molar-refractivity contribution is 0.0715. The molecule has 4 heterocycles. The third kappa shape index (κ3) is 3.80. The molecule has 0 radical (unpaired) electrons. The molecule has 1 aliphatic rings. The molecule has 1 fully saturated rings. The first kappa shape index (κ1) is 23.4. The molecule has 0 amide bonds. The van der Waals surface area contributed by atoms with Gasteiger partial charge >= 0.3 is 10.2 Å². The number of nitrogens with one attached hydrogen (secondary N) is 1. The van der Waals surface area contributed by atoms with Gasteiger partial charge in [-0.05, 0) is 61.2 Å². The third-order valence-electron chi connectivity index (χ3n) is 7.12. The number of aromatic nitrogens is 3. The Bertz CT molecular complexity index is 1940. The highest BCUT2D eigenvalue weighted by molar-refractivity contribution is 7.86. The van der Waals surface area contributed by atoms with Gasteiger partial charge in [0.1, 0.15) is 10.5 Å². The monoisotopic (exact) mass is 515 g/mol. The van der Waals surface area contributed by atoms with E-state index in [1.807, 2.05) is 37.3 Å². The molecule has 1 aliphatic heterocycles. The largest absolute Gasteiger partial charge is 0.381 e. The van der Waals surface area contributed by atoms with Crippen molar-refractivity contribution in [1.82, 2.24) is 14.5 Å². The van der Waals surface area contributed by atoms with Crippen LogP contribution in [0, 0.1) is 19.3 Å². The van der Waals surface area contributed by atoms with Gasteiger partial charge in [-0.25, -0.2) is 0 Å². The zero-order valence-corrected chi connectivity index (χ0v) is 20.7. The van der Waals surface area contributed by atoms with Gasteiger partial charge in [0, 0.05) is 59.1 Å². The number of hydrogen-bond donors (Lipinski definition) is 1. The number of fused-ring (bicyclic) bond motifs is 4. The summed E-state index contributed by atoms with van der Waals surface area (Å²) < 4.78 is 44.5. The van der Waals surface area contributed by atoms with Crippen LogP contribution in [0.25, 0.3) is 44.0 Å². The van der Waals surface area contributed by atoms with Crippen molar-refractivity contribution < 1.29 is 17.0 Å². The Morgan fingerprint density at radius 3 is 2.65 bits per heavy atom. The summed E-state index contributed by atoms with van der Waals surface area (Å²) in [5, 5.41) is 1.94. The van der Waals surface area contributed by atoms with Crippen molar-refractivity contribution in [2.45, 2.75) is 30.7 Å². The molecule has 6 rings (SSSR count). The number of nitrogens with zero attached hydrogens (tertiary/aromatic N) is 2. The lowest BCUT2D eigenvalue weighted by Gasteiger charge is -2.27. The number of ether oxygens (including phenoxy) is 1. The fourth-order valence-corrected chi connectivity index (χ4v) is 5.80. The van der Waals surface area contributed by atoms with Crippen LogP contribution in [0.2, 0.25) is 0 Å². The maximum Gasteiger partial charge on any atom is 0.333 e. The molecule has 3 aromatic heterocycles. The Kier molecular flexibility index (Phi) is 5.40. The Balaban J connectivity index is 1.72. The summed E-state index contributed by atoms with van der Waals surface area (Å²) in [5.74, 6) is 2.64. The van der Waals surface area contributed by atoms with E-state index in [0.29, 0.717) is 51.8 Å². The number of halogens is 1. The lowest BCUT2D eigenvalue weighted by atomic mass is 9.97. The number of hydrogen-bond acceptors (Lipinski definition) is 5. The van der Waals surface area contributed by atoms with E-state index in [-0.39, 0.29) is 11.5 Å². The highest BCUT2D eigenvalue weighted by Crippen LogP contribution is 2.36. The molecule has 9 heteroatoms. The van der Waals surface area contributed by atoms with Gasteiger partial charge < -0.3 is 14.3 Å². The Morgan fingerprint density at radius 1 is 1.14 bits per heavy atom. The second-order valence-electron chi connectivity index (χ2n) is 9.33. The van der Waals surface area contributed by atoms with Gasteiger partial charge in [0.05, 0.1) is 10.9 Å². The lowest BCUT2D eigenvalue weighted by Crippen LogP contribution is -2.22. The van der Waals surface area contributed by atoms with E-state index in [1.54, 1.807) is 0 Å². The van der Waals surface area contributed by atoms with Crippen molar-refractivity contribution in [2.24, 2.45) is 0 Å². The van der Waals surface area contributed by atoms with Gasteiger partial charge in [0.15, 0.2) is 5.43 Å². The molecule has 5 aromatic rings. The second kappa shape index (κ2) is 8.54. The summed E-state index contributed by atoms with van der Waals surface area (Å²) in [6.45, 7) is 3.03. The normalized spacial score (nSPS) is 14.9. The molecular formula is C28H22FN3O4S. The van der Waals surface area contributed by atoms with Crippen LogP contribution in [-0.4, -0.2) is 36.2 Å². The fourth-order valence-electron chi connectivity index (χ4n) is 5.35. The molecule has 7 nitrogen and oxygen atoms in total. The zero-order chi connectivity index (χ0) is 25.9. The van der Waals surface area contributed by atoms with E-state index >= 15 is 0 Å². The van der Waals surface area contributed by atoms with Gasteiger partial charge in [-0.15, -0.1) is 10.3 Å². The number of pyridine rings is 2. The van der Waals surface area contributed by atoms with E-state index in [9.17, 15) is 17.1 Å². The molecule has 1 saturated heterocycles. The molecule has 37 heavy (non-hydrogen) atoms. The first-order chi connectivity index (χ1) is 17.8. The smallest absolute Gasteiger partial charge is 0.333 e. The Morgan fingerprint density at radius 2 is 1.92 bits per heavy atom. The SMILES string of the molecule is C#Cc1ccc2c(c1)[nH]c1c2c(=O)c2cc(C)c(-c3cncc(S(=O)(=O)F)c3)cc2n1C1CCOCC1. The highest BCUT2D eigenvalue weighted by atomic mass is 32.3.